The van der Waals surface area contributed by atoms with Crippen molar-refractivity contribution in [2.24, 2.45) is 5.92 Å². The van der Waals surface area contributed by atoms with Crippen molar-refractivity contribution in [3.8, 4) is 0 Å². The molecule has 0 aliphatic carbocycles. The molecule has 1 rings (SSSR count). The maximum Gasteiger partial charge on any atom is 0.307 e. The topological polar surface area (TPSA) is 74.6 Å². The van der Waals surface area contributed by atoms with Gasteiger partial charge in [0.25, 0.3) is 0 Å². The molecule has 0 aromatic heterocycles. The average Bonchev–Trinajstić information content (AvgIpc) is 2.28. The molecule has 92 valence electrons. The van der Waals surface area contributed by atoms with Gasteiger partial charge in [-0.25, -0.2) is 0 Å². The number of aliphatic carboxylic acids is 2. The molecule has 1 aromatic rings. The van der Waals surface area contributed by atoms with Gasteiger partial charge in [-0.3, -0.25) is 9.59 Å². The van der Waals surface area contributed by atoms with Gasteiger partial charge in [-0.15, -0.1) is 0 Å². The molecule has 0 radical (unpaired) electrons. The zero-order valence-electron chi connectivity index (χ0n) is 9.50. The number of hydrogen-bond acceptors (Lipinski definition) is 2. The standard InChI is InChI=1S/C13H16O4/c14-12(15)9-11(13(16)17)8-4-7-10-5-2-1-3-6-10/h1-3,5-6,11H,4,7-9H2,(H,14,15)(H,16,17)/t11-/m1/s1. The molecule has 1 atom stereocenters. The maximum absolute atomic E-state index is 10.8. The van der Waals surface area contributed by atoms with Crippen LogP contribution in [-0.2, 0) is 16.0 Å². The van der Waals surface area contributed by atoms with Gasteiger partial charge >= 0.3 is 11.9 Å². The highest BCUT2D eigenvalue weighted by molar-refractivity contribution is 5.77. The van der Waals surface area contributed by atoms with Crippen LogP contribution < -0.4 is 0 Å². The summed E-state index contributed by atoms with van der Waals surface area (Å²) in [5.41, 5.74) is 1.15. The van der Waals surface area contributed by atoms with E-state index in [9.17, 15) is 9.59 Å². The van der Waals surface area contributed by atoms with Crippen LogP contribution in [0.5, 0.6) is 0 Å². The van der Waals surface area contributed by atoms with Crippen molar-refractivity contribution in [1.29, 1.82) is 0 Å². The summed E-state index contributed by atoms with van der Waals surface area (Å²) in [5, 5.41) is 17.4. The average molecular weight is 236 g/mol. The summed E-state index contributed by atoms with van der Waals surface area (Å²) >= 11 is 0. The summed E-state index contributed by atoms with van der Waals surface area (Å²) in [6.45, 7) is 0. The van der Waals surface area contributed by atoms with Crippen molar-refractivity contribution in [1.82, 2.24) is 0 Å². The molecule has 1 aromatic carbocycles. The van der Waals surface area contributed by atoms with E-state index in [0.717, 1.165) is 12.0 Å². The lowest BCUT2D eigenvalue weighted by Gasteiger charge is -2.09. The summed E-state index contributed by atoms with van der Waals surface area (Å²) < 4.78 is 0. The van der Waals surface area contributed by atoms with E-state index >= 15 is 0 Å². The van der Waals surface area contributed by atoms with E-state index in [1.54, 1.807) is 0 Å². The zero-order chi connectivity index (χ0) is 12.7. The Kier molecular flexibility index (Phi) is 5.20. The molecule has 0 bridgehead atoms. The third-order valence-electron chi connectivity index (χ3n) is 2.63. The Morgan fingerprint density at radius 1 is 1.12 bits per heavy atom. The Labute approximate surface area is 99.9 Å². The van der Waals surface area contributed by atoms with E-state index in [4.69, 9.17) is 10.2 Å². The molecule has 4 nitrogen and oxygen atoms in total. The maximum atomic E-state index is 10.8. The second-order valence-electron chi connectivity index (χ2n) is 4.01. The highest BCUT2D eigenvalue weighted by Crippen LogP contribution is 2.14. The van der Waals surface area contributed by atoms with Gasteiger partial charge in [0.15, 0.2) is 0 Å². The van der Waals surface area contributed by atoms with E-state index in [0.29, 0.717) is 12.8 Å². The predicted molar refractivity (Wildman–Crippen MR) is 62.8 cm³/mol. The van der Waals surface area contributed by atoms with Crippen LogP contribution in [0.1, 0.15) is 24.8 Å². The van der Waals surface area contributed by atoms with Crippen molar-refractivity contribution < 1.29 is 19.8 Å². The van der Waals surface area contributed by atoms with E-state index in [1.807, 2.05) is 30.3 Å². The molecule has 4 heteroatoms. The lowest BCUT2D eigenvalue weighted by molar-refractivity contribution is -0.148. The summed E-state index contributed by atoms with van der Waals surface area (Å²) in [4.78, 5) is 21.3. The number of aryl methyl sites for hydroxylation is 1. The van der Waals surface area contributed by atoms with Crippen molar-refractivity contribution in [3.05, 3.63) is 35.9 Å². The highest BCUT2D eigenvalue weighted by atomic mass is 16.4. The minimum Gasteiger partial charge on any atom is -0.481 e. The minimum atomic E-state index is -1.06. The zero-order valence-corrected chi connectivity index (χ0v) is 9.50. The van der Waals surface area contributed by atoms with E-state index in [1.165, 1.54) is 0 Å². The number of hydrogen-bond donors (Lipinski definition) is 2. The number of rotatable bonds is 7. The lowest BCUT2D eigenvalue weighted by Crippen LogP contribution is -2.17. The Hall–Kier alpha value is -1.84. The molecular formula is C13H16O4. The van der Waals surface area contributed by atoms with Crippen molar-refractivity contribution in [2.45, 2.75) is 25.7 Å². The van der Waals surface area contributed by atoms with Crippen LogP contribution in [0.3, 0.4) is 0 Å². The van der Waals surface area contributed by atoms with Gasteiger partial charge < -0.3 is 10.2 Å². The summed E-state index contributed by atoms with van der Waals surface area (Å²) in [7, 11) is 0. The van der Waals surface area contributed by atoms with Crippen LogP contribution in [0.4, 0.5) is 0 Å². The first kappa shape index (κ1) is 13.2. The van der Waals surface area contributed by atoms with Crippen LogP contribution in [0, 0.1) is 5.92 Å². The molecule has 0 unspecified atom stereocenters. The Balaban J connectivity index is 2.37. The molecular weight excluding hydrogens is 220 g/mol. The molecule has 2 N–H and O–H groups in total. The SMILES string of the molecule is O=C(O)C[C@@H](CCCc1ccccc1)C(=O)O. The number of carbonyl (C=O) groups is 2. The van der Waals surface area contributed by atoms with Gasteiger partial charge in [0.1, 0.15) is 0 Å². The molecule has 0 saturated carbocycles. The number of benzene rings is 1. The van der Waals surface area contributed by atoms with Gasteiger partial charge in [0.05, 0.1) is 12.3 Å². The van der Waals surface area contributed by atoms with Crippen LogP contribution in [0.15, 0.2) is 30.3 Å². The molecule has 0 heterocycles. The molecule has 0 spiro atoms. The van der Waals surface area contributed by atoms with Crippen LogP contribution in [0.2, 0.25) is 0 Å². The van der Waals surface area contributed by atoms with Crippen LogP contribution >= 0.6 is 0 Å². The van der Waals surface area contributed by atoms with E-state index < -0.39 is 17.9 Å². The third-order valence-corrected chi connectivity index (χ3v) is 2.63. The van der Waals surface area contributed by atoms with Crippen molar-refractivity contribution in [3.63, 3.8) is 0 Å². The van der Waals surface area contributed by atoms with E-state index in [2.05, 4.69) is 0 Å². The van der Waals surface area contributed by atoms with Crippen molar-refractivity contribution in [2.75, 3.05) is 0 Å². The fourth-order valence-electron chi connectivity index (χ4n) is 1.72. The molecule has 0 aliphatic heterocycles. The monoisotopic (exact) mass is 236 g/mol. The number of carboxylic acid groups (broad SMARTS) is 2. The molecule has 0 saturated heterocycles. The summed E-state index contributed by atoms with van der Waals surface area (Å²) in [5.74, 6) is -2.87. The predicted octanol–water partition coefficient (Wildman–Crippen LogP) is 2.18. The third kappa shape index (κ3) is 5.15. The second-order valence-corrected chi connectivity index (χ2v) is 4.01. The smallest absolute Gasteiger partial charge is 0.307 e. The lowest BCUT2D eigenvalue weighted by atomic mass is 9.97. The molecule has 17 heavy (non-hydrogen) atoms. The van der Waals surface area contributed by atoms with Gasteiger partial charge in [-0.2, -0.15) is 0 Å². The molecule has 0 fully saturated rings. The van der Waals surface area contributed by atoms with Gasteiger partial charge in [-0.05, 0) is 24.8 Å². The Bertz CT molecular complexity index is 372. The largest absolute Gasteiger partial charge is 0.481 e. The highest BCUT2D eigenvalue weighted by Gasteiger charge is 2.20. The molecule has 0 aliphatic rings. The Morgan fingerprint density at radius 3 is 2.29 bits per heavy atom. The van der Waals surface area contributed by atoms with Gasteiger partial charge in [0.2, 0.25) is 0 Å². The van der Waals surface area contributed by atoms with Crippen molar-refractivity contribution >= 4 is 11.9 Å². The Morgan fingerprint density at radius 2 is 1.76 bits per heavy atom. The first-order chi connectivity index (χ1) is 8.09. The first-order valence-electron chi connectivity index (χ1n) is 5.58. The molecule has 0 amide bonds. The number of carboxylic acids is 2. The second kappa shape index (κ2) is 6.68. The summed E-state index contributed by atoms with van der Waals surface area (Å²) in [6, 6.07) is 9.75. The normalized spacial score (nSPS) is 12.0. The van der Waals surface area contributed by atoms with E-state index in [-0.39, 0.29) is 6.42 Å². The quantitative estimate of drug-likeness (QED) is 0.761. The fraction of sp³-hybridized carbons (Fsp3) is 0.385. The minimum absolute atomic E-state index is 0.301. The van der Waals surface area contributed by atoms with Gasteiger partial charge in [-0.1, -0.05) is 30.3 Å². The summed E-state index contributed by atoms with van der Waals surface area (Å²) in [6.07, 6.45) is 1.57. The van der Waals surface area contributed by atoms with Crippen LogP contribution in [0.25, 0.3) is 0 Å². The fourth-order valence-corrected chi connectivity index (χ4v) is 1.72. The van der Waals surface area contributed by atoms with Crippen LogP contribution in [-0.4, -0.2) is 22.2 Å². The van der Waals surface area contributed by atoms with Gasteiger partial charge in [0, 0.05) is 0 Å². The first-order valence-corrected chi connectivity index (χ1v) is 5.58.